The lowest BCUT2D eigenvalue weighted by Crippen LogP contribution is -2.49. The lowest BCUT2D eigenvalue weighted by Gasteiger charge is -2.35. The Morgan fingerprint density at radius 1 is 1.54 bits per heavy atom. The Balaban J connectivity index is 2.27. The van der Waals surface area contributed by atoms with Crippen LogP contribution in [0, 0.1) is 5.92 Å². The Kier molecular flexibility index (Phi) is 4.70. The second-order valence-corrected chi connectivity index (χ2v) is 4.18. The van der Waals surface area contributed by atoms with Crippen molar-refractivity contribution in [2.75, 3.05) is 32.8 Å². The number of nitrogens with two attached hydrogens (primary N) is 1. The Morgan fingerprint density at radius 2 is 2.31 bits per heavy atom. The van der Waals surface area contributed by atoms with Gasteiger partial charge in [0.2, 0.25) is 0 Å². The van der Waals surface area contributed by atoms with Crippen LogP contribution in [0.2, 0.25) is 0 Å². The number of nitrogens with zero attached hydrogens (tertiary/aromatic N) is 1. The monoisotopic (exact) mass is 186 g/mol. The van der Waals surface area contributed by atoms with E-state index in [9.17, 15) is 0 Å². The molecule has 1 heterocycles. The van der Waals surface area contributed by atoms with Gasteiger partial charge in [-0.15, -0.1) is 0 Å². The molecule has 1 aliphatic rings. The SMILES string of the molecule is CC(C)CCN1CCOCC1CN. The van der Waals surface area contributed by atoms with Gasteiger partial charge in [-0.3, -0.25) is 4.90 Å². The van der Waals surface area contributed by atoms with Crippen LogP contribution < -0.4 is 5.73 Å². The number of rotatable bonds is 4. The molecule has 1 saturated heterocycles. The third kappa shape index (κ3) is 3.63. The highest BCUT2D eigenvalue weighted by molar-refractivity contribution is 4.75. The standard InChI is InChI=1S/C10H22N2O/c1-9(2)3-4-12-5-6-13-8-10(12)7-11/h9-10H,3-8,11H2,1-2H3. The van der Waals surface area contributed by atoms with Gasteiger partial charge in [-0.25, -0.2) is 0 Å². The molecule has 1 atom stereocenters. The van der Waals surface area contributed by atoms with Crippen molar-refractivity contribution in [1.82, 2.24) is 4.90 Å². The molecule has 0 amide bonds. The molecule has 3 nitrogen and oxygen atoms in total. The zero-order valence-corrected chi connectivity index (χ0v) is 8.83. The van der Waals surface area contributed by atoms with Crippen LogP contribution in [-0.2, 0) is 4.74 Å². The molecule has 0 aromatic carbocycles. The van der Waals surface area contributed by atoms with Crippen LogP contribution in [-0.4, -0.2) is 43.8 Å². The van der Waals surface area contributed by atoms with E-state index in [1.165, 1.54) is 13.0 Å². The molecule has 0 aliphatic carbocycles. The first-order valence-electron chi connectivity index (χ1n) is 5.26. The molecule has 0 saturated carbocycles. The van der Waals surface area contributed by atoms with E-state index >= 15 is 0 Å². The van der Waals surface area contributed by atoms with E-state index in [2.05, 4.69) is 18.7 Å². The summed E-state index contributed by atoms with van der Waals surface area (Å²) < 4.78 is 5.39. The fourth-order valence-electron chi connectivity index (χ4n) is 1.62. The van der Waals surface area contributed by atoms with Crippen LogP contribution >= 0.6 is 0 Å². The number of hydrogen-bond acceptors (Lipinski definition) is 3. The summed E-state index contributed by atoms with van der Waals surface area (Å²) in [7, 11) is 0. The van der Waals surface area contributed by atoms with Crippen LogP contribution in [0.25, 0.3) is 0 Å². The maximum atomic E-state index is 5.68. The summed E-state index contributed by atoms with van der Waals surface area (Å²) >= 11 is 0. The molecule has 1 aliphatic heterocycles. The molecule has 0 aromatic heterocycles. The van der Waals surface area contributed by atoms with E-state index in [0.717, 1.165) is 32.2 Å². The van der Waals surface area contributed by atoms with E-state index in [1.807, 2.05) is 0 Å². The zero-order valence-electron chi connectivity index (χ0n) is 8.83. The third-order valence-electron chi connectivity index (χ3n) is 2.62. The first-order chi connectivity index (χ1) is 6.24. The second-order valence-electron chi connectivity index (χ2n) is 4.18. The van der Waals surface area contributed by atoms with Gasteiger partial charge in [0.1, 0.15) is 0 Å². The van der Waals surface area contributed by atoms with Crippen molar-refractivity contribution in [2.45, 2.75) is 26.3 Å². The first-order valence-corrected chi connectivity index (χ1v) is 5.26. The summed E-state index contributed by atoms with van der Waals surface area (Å²) in [4.78, 5) is 2.46. The van der Waals surface area contributed by atoms with Gasteiger partial charge in [0.15, 0.2) is 0 Å². The summed E-state index contributed by atoms with van der Waals surface area (Å²) in [5.74, 6) is 0.779. The molecular formula is C10H22N2O. The fraction of sp³-hybridized carbons (Fsp3) is 1.00. The minimum Gasteiger partial charge on any atom is -0.378 e. The van der Waals surface area contributed by atoms with Gasteiger partial charge in [0.05, 0.1) is 13.2 Å². The molecule has 0 aromatic rings. The van der Waals surface area contributed by atoms with Gasteiger partial charge in [0, 0.05) is 19.1 Å². The van der Waals surface area contributed by atoms with Crippen LogP contribution in [0.4, 0.5) is 0 Å². The number of hydrogen-bond donors (Lipinski definition) is 1. The Morgan fingerprint density at radius 3 is 2.92 bits per heavy atom. The highest BCUT2D eigenvalue weighted by Crippen LogP contribution is 2.09. The first kappa shape index (κ1) is 11.0. The van der Waals surface area contributed by atoms with Crippen molar-refractivity contribution in [3.8, 4) is 0 Å². The maximum absolute atomic E-state index is 5.68. The fourth-order valence-corrected chi connectivity index (χ4v) is 1.62. The predicted molar refractivity (Wildman–Crippen MR) is 54.7 cm³/mol. The van der Waals surface area contributed by atoms with Crippen molar-refractivity contribution < 1.29 is 4.74 Å². The Bertz CT molecular complexity index is 139. The van der Waals surface area contributed by atoms with Crippen molar-refractivity contribution in [2.24, 2.45) is 11.7 Å². The van der Waals surface area contributed by atoms with Gasteiger partial charge < -0.3 is 10.5 Å². The van der Waals surface area contributed by atoms with Crippen molar-refractivity contribution in [3.05, 3.63) is 0 Å². The smallest absolute Gasteiger partial charge is 0.0634 e. The lowest BCUT2D eigenvalue weighted by molar-refractivity contribution is -0.00553. The van der Waals surface area contributed by atoms with Crippen molar-refractivity contribution in [1.29, 1.82) is 0 Å². The summed E-state index contributed by atoms with van der Waals surface area (Å²) in [5, 5.41) is 0. The Hall–Kier alpha value is -0.120. The molecule has 0 radical (unpaired) electrons. The van der Waals surface area contributed by atoms with Crippen molar-refractivity contribution >= 4 is 0 Å². The molecule has 78 valence electrons. The average molecular weight is 186 g/mol. The maximum Gasteiger partial charge on any atom is 0.0634 e. The van der Waals surface area contributed by atoms with Crippen LogP contribution in [0.15, 0.2) is 0 Å². The van der Waals surface area contributed by atoms with Crippen LogP contribution in [0.5, 0.6) is 0 Å². The van der Waals surface area contributed by atoms with E-state index in [1.54, 1.807) is 0 Å². The molecule has 0 bridgehead atoms. The molecule has 1 fully saturated rings. The molecule has 2 N–H and O–H groups in total. The van der Waals surface area contributed by atoms with E-state index in [-0.39, 0.29) is 0 Å². The van der Waals surface area contributed by atoms with Gasteiger partial charge in [-0.1, -0.05) is 13.8 Å². The quantitative estimate of drug-likeness (QED) is 0.702. The largest absolute Gasteiger partial charge is 0.378 e. The average Bonchev–Trinajstić information content (AvgIpc) is 2.15. The summed E-state index contributed by atoms with van der Waals surface area (Å²) in [6, 6.07) is 0.451. The third-order valence-corrected chi connectivity index (χ3v) is 2.62. The molecular weight excluding hydrogens is 164 g/mol. The summed E-state index contributed by atoms with van der Waals surface area (Å²) in [5.41, 5.74) is 5.68. The second kappa shape index (κ2) is 5.58. The van der Waals surface area contributed by atoms with E-state index < -0.39 is 0 Å². The molecule has 13 heavy (non-hydrogen) atoms. The van der Waals surface area contributed by atoms with Crippen LogP contribution in [0.3, 0.4) is 0 Å². The van der Waals surface area contributed by atoms with Gasteiger partial charge in [-0.05, 0) is 18.9 Å². The lowest BCUT2D eigenvalue weighted by atomic mass is 10.1. The summed E-state index contributed by atoms with van der Waals surface area (Å²) in [6.45, 7) is 9.15. The molecule has 0 spiro atoms. The minimum absolute atomic E-state index is 0.451. The summed E-state index contributed by atoms with van der Waals surface area (Å²) in [6.07, 6.45) is 1.26. The topological polar surface area (TPSA) is 38.5 Å². The molecule has 1 unspecified atom stereocenters. The van der Waals surface area contributed by atoms with E-state index in [0.29, 0.717) is 6.04 Å². The van der Waals surface area contributed by atoms with E-state index in [4.69, 9.17) is 10.5 Å². The Labute approximate surface area is 81.2 Å². The minimum atomic E-state index is 0.451. The number of morpholine rings is 1. The normalized spacial score (nSPS) is 25.4. The highest BCUT2D eigenvalue weighted by atomic mass is 16.5. The van der Waals surface area contributed by atoms with Gasteiger partial charge >= 0.3 is 0 Å². The zero-order chi connectivity index (χ0) is 9.68. The van der Waals surface area contributed by atoms with Crippen molar-refractivity contribution in [3.63, 3.8) is 0 Å². The van der Waals surface area contributed by atoms with Crippen LogP contribution in [0.1, 0.15) is 20.3 Å². The molecule has 1 rings (SSSR count). The molecule has 3 heteroatoms. The predicted octanol–water partition coefficient (Wildman–Crippen LogP) is 0.692. The van der Waals surface area contributed by atoms with Gasteiger partial charge in [-0.2, -0.15) is 0 Å². The number of ether oxygens (including phenoxy) is 1. The highest BCUT2D eigenvalue weighted by Gasteiger charge is 2.20. The van der Waals surface area contributed by atoms with Gasteiger partial charge in [0.25, 0.3) is 0 Å².